The van der Waals surface area contributed by atoms with Gasteiger partial charge in [-0.25, -0.2) is 8.42 Å². The van der Waals surface area contributed by atoms with Crippen molar-refractivity contribution in [2.24, 2.45) is 0 Å². The number of hydrogen-bond donors (Lipinski definition) is 1. The minimum absolute atomic E-state index is 0.0243. The number of hydrogen-bond acceptors (Lipinski definition) is 4. The van der Waals surface area contributed by atoms with Crippen molar-refractivity contribution in [3.8, 4) is 0 Å². The second-order valence-corrected chi connectivity index (χ2v) is 15.0. The molecule has 4 aromatic carbocycles. The lowest BCUT2D eigenvalue weighted by atomic mass is 9.94. The molecule has 2 amide bonds. The van der Waals surface area contributed by atoms with Crippen LogP contribution < -0.4 is 9.62 Å². The molecule has 252 valence electrons. The molecule has 1 fully saturated rings. The van der Waals surface area contributed by atoms with Gasteiger partial charge in [0.25, 0.3) is 10.0 Å². The van der Waals surface area contributed by atoms with E-state index < -0.39 is 28.5 Å². The van der Waals surface area contributed by atoms with Crippen molar-refractivity contribution < 1.29 is 18.0 Å². The molecule has 0 aromatic heterocycles. The van der Waals surface area contributed by atoms with E-state index in [1.807, 2.05) is 60.7 Å². The van der Waals surface area contributed by atoms with E-state index in [4.69, 9.17) is 11.6 Å². The van der Waals surface area contributed by atoms with Gasteiger partial charge in [-0.2, -0.15) is 0 Å². The SMILES string of the molecule is CC(C)c1ccc(N(CC(=O)N(Cc2ccccc2Cl)[C@@H](Cc2ccccc2)C(=O)NC2CCCCC2)S(=O)(=O)c2ccccc2)cc1. The van der Waals surface area contributed by atoms with E-state index in [0.29, 0.717) is 16.3 Å². The first kappa shape index (κ1) is 35.2. The standard InChI is InChI=1S/C39H44ClN3O4S/c1-29(2)31-22-24-34(25-23-31)43(48(46,47)35-19-10-5-11-20-35)28-38(44)42(27-32-16-12-13-21-36(32)40)37(26-30-14-6-3-7-15-30)39(45)41-33-17-8-4-9-18-33/h3,5-7,10-16,19-25,29,33,37H,4,8-9,17-18,26-28H2,1-2H3,(H,41,45)/t37-/m0/s1. The molecule has 0 heterocycles. The van der Waals surface area contributed by atoms with Crippen LogP contribution in [0.3, 0.4) is 0 Å². The maximum atomic E-state index is 14.7. The van der Waals surface area contributed by atoms with Gasteiger partial charge < -0.3 is 10.2 Å². The molecule has 48 heavy (non-hydrogen) atoms. The summed E-state index contributed by atoms with van der Waals surface area (Å²) in [7, 11) is -4.17. The predicted octanol–water partition coefficient (Wildman–Crippen LogP) is 7.75. The molecular weight excluding hydrogens is 642 g/mol. The zero-order valence-corrected chi connectivity index (χ0v) is 29.2. The van der Waals surface area contributed by atoms with Gasteiger partial charge in [0.05, 0.1) is 10.6 Å². The molecule has 0 bridgehead atoms. The smallest absolute Gasteiger partial charge is 0.264 e. The zero-order valence-electron chi connectivity index (χ0n) is 27.6. The van der Waals surface area contributed by atoms with E-state index in [1.165, 1.54) is 17.0 Å². The lowest BCUT2D eigenvalue weighted by Crippen LogP contribution is -2.55. The Morgan fingerprint density at radius 3 is 2.04 bits per heavy atom. The van der Waals surface area contributed by atoms with Gasteiger partial charge in [-0.05, 0) is 65.8 Å². The maximum Gasteiger partial charge on any atom is 0.264 e. The molecule has 1 aliphatic carbocycles. The summed E-state index contributed by atoms with van der Waals surface area (Å²) >= 11 is 6.62. The number of benzene rings is 4. The van der Waals surface area contributed by atoms with Crippen molar-refractivity contribution >= 4 is 39.1 Å². The van der Waals surface area contributed by atoms with Gasteiger partial charge in [0.2, 0.25) is 11.8 Å². The first-order valence-corrected chi connectivity index (χ1v) is 18.5. The van der Waals surface area contributed by atoms with Gasteiger partial charge in [-0.15, -0.1) is 0 Å². The molecule has 9 heteroatoms. The molecule has 4 aromatic rings. The van der Waals surface area contributed by atoms with Gasteiger partial charge in [-0.1, -0.05) is 124 Å². The molecule has 0 saturated heterocycles. The normalized spacial score (nSPS) is 14.3. The average molecular weight is 686 g/mol. The largest absolute Gasteiger partial charge is 0.352 e. The molecule has 5 rings (SSSR count). The number of carbonyl (C=O) groups excluding carboxylic acids is 2. The fraction of sp³-hybridized carbons (Fsp3) is 0.333. The predicted molar refractivity (Wildman–Crippen MR) is 192 cm³/mol. The highest BCUT2D eigenvalue weighted by Crippen LogP contribution is 2.28. The van der Waals surface area contributed by atoms with Crippen molar-refractivity contribution in [1.29, 1.82) is 0 Å². The van der Waals surface area contributed by atoms with Crippen LogP contribution in [0.25, 0.3) is 0 Å². The van der Waals surface area contributed by atoms with Gasteiger partial charge in [0.1, 0.15) is 12.6 Å². The highest BCUT2D eigenvalue weighted by molar-refractivity contribution is 7.92. The lowest BCUT2D eigenvalue weighted by molar-refractivity contribution is -0.140. The number of rotatable bonds is 13. The summed E-state index contributed by atoms with van der Waals surface area (Å²) in [6, 6.07) is 31.2. The van der Waals surface area contributed by atoms with Crippen LogP contribution in [0.15, 0.2) is 114 Å². The number of amides is 2. The van der Waals surface area contributed by atoms with Crippen molar-refractivity contribution in [2.45, 2.75) is 81.8 Å². The Hall–Kier alpha value is -4.14. The number of anilines is 1. The first-order chi connectivity index (χ1) is 23.1. The molecule has 0 unspecified atom stereocenters. The topological polar surface area (TPSA) is 86.8 Å². The van der Waals surface area contributed by atoms with E-state index in [1.54, 1.807) is 36.4 Å². The minimum atomic E-state index is -4.17. The van der Waals surface area contributed by atoms with Crippen LogP contribution in [-0.4, -0.2) is 43.8 Å². The Morgan fingerprint density at radius 1 is 0.812 bits per heavy atom. The zero-order chi connectivity index (χ0) is 34.1. The minimum Gasteiger partial charge on any atom is -0.352 e. The van der Waals surface area contributed by atoms with Crippen molar-refractivity contribution in [3.63, 3.8) is 0 Å². The van der Waals surface area contributed by atoms with Gasteiger partial charge >= 0.3 is 0 Å². The van der Waals surface area contributed by atoms with Crippen LogP contribution in [-0.2, 0) is 32.6 Å². The molecule has 1 aliphatic rings. The van der Waals surface area contributed by atoms with Crippen LogP contribution in [0.2, 0.25) is 5.02 Å². The molecule has 0 spiro atoms. The van der Waals surface area contributed by atoms with E-state index >= 15 is 0 Å². The van der Waals surface area contributed by atoms with Crippen LogP contribution >= 0.6 is 11.6 Å². The number of sulfonamides is 1. The van der Waals surface area contributed by atoms with Gasteiger partial charge in [0.15, 0.2) is 0 Å². The molecule has 7 nitrogen and oxygen atoms in total. The number of halogens is 1. The first-order valence-electron chi connectivity index (χ1n) is 16.7. The second-order valence-electron chi connectivity index (χ2n) is 12.7. The molecule has 0 aliphatic heterocycles. The van der Waals surface area contributed by atoms with Crippen LogP contribution in [0.5, 0.6) is 0 Å². The third-order valence-electron chi connectivity index (χ3n) is 8.98. The van der Waals surface area contributed by atoms with E-state index in [-0.39, 0.29) is 35.7 Å². The summed E-state index contributed by atoms with van der Waals surface area (Å²) in [5, 5.41) is 3.69. The maximum absolute atomic E-state index is 14.7. The van der Waals surface area contributed by atoms with E-state index in [2.05, 4.69) is 19.2 Å². The van der Waals surface area contributed by atoms with Gasteiger partial charge in [-0.3, -0.25) is 13.9 Å². The van der Waals surface area contributed by atoms with Crippen LogP contribution in [0, 0.1) is 0 Å². The quantitative estimate of drug-likeness (QED) is 0.156. The summed E-state index contributed by atoms with van der Waals surface area (Å²) < 4.78 is 29.6. The molecule has 1 atom stereocenters. The Balaban J connectivity index is 1.57. The van der Waals surface area contributed by atoms with Crippen molar-refractivity contribution in [3.05, 3.63) is 131 Å². The summed E-state index contributed by atoms with van der Waals surface area (Å²) in [4.78, 5) is 30.5. The Labute approximate surface area is 290 Å². The monoisotopic (exact) mass is 685 g/mol. The van der Waals surface area contributed by atoms with Crippen molar-refractivity contribution in [1.82, 2.24) is 10.2 Å². The summed E-state index contributed by atoms with van der Waals surface area (Å²) in [5.41, 5.74) is 2.96. The van der Waals surface area contributed by atoms with E-state index in [9.17, 15) is 18.0 Å². The van der Waals surface area contributed by atoms with Gasteiger partial charge in [0, 0.05) is 24.0 Å². The molecule has 1 saturated carbocycles. The fourth-order valence-corrected chi connectivity index (χ4v) is 7.81. The number of nitrogens with zero attached hydrogens (tertiary/aromatic N) is 2. The third kappa shape index (κ3) is 8.85. The summed E-state index contributed by atoms with van der Waals surface area (Å²) in [6.45, 7) is 3.65. The second kappa shape index (κ2) is 16.3. The Bertz CT molecular complexity index is 1760. The molecular formula is C39H44ClN3O4S. The van der Waals surface area contributed by atoms with Crippen LogP contribution in [0.1, 0.15) is 68.6 Å². The highest BCUT2D eigenvalue weighted by atomic mass is 35.5. The highest BCUT2D eigenvalue weighted by Gasteiger charge is 2.35. The lowest BCUT2D eigenvalue weighted by Gasteiger charge is -2.35. The number of carbonyl (C=O) groups is 2. The average Bonchev–Trinajstić information content (AvgIpc) is 3.10. The summed E-state index contributed by atoms with van der Waals surface area (Å²) in [6.07, 6.45) is 5.25. The molecule has 0 radical (unpaired) electrons. The fourth-order valence-electron chi connectivity index (χ4n) is 6.18. The third-order valence-corrected chi connectivity index (χ3v) is 11.1. The molecule has 1 N–H and O–H groups in total. The van der Waals surface area contributed by atoms with Crippen LogP contribution in [0.4, 0.5) is 5.69 Å². The van der Waals surface area contributed by atoms with E-state index in [0.717, 1.165) is 47.5 Å². The number of nitrogens with one attached hydrogen (secondary N) is 1. The Morgan fingerprint density at radius 2 is 1.42 bits per heavy atom. The summed E-state index contributed by atoms with van der Waals surface area (Å²) in [5.74, 6) is -0.528. The Kier molecular flexibility index (Phi) is 12.0. The van der Waals surface area contributed by atoms with Crippen molar-refractivity contribution in [2.75, 3.05) is 10.8 Å².